The molecular weight excluding hydrogens is 388 g/mol. The highest BCUT2D eigenvalue weighted by Gasteiger charge is 2.25. The molecule has 2 aromatic carbocycles. The Bertz CT molecular complexity index is 707. The van der Waals surface area contributed by atoms with Crippen molar-refractivity contribution in [2.75, 3.05) is 0 Å². The third-order valence-corrected chi connectivity index (χ3v) is 5.13. The molecule has 0 saturated heterocycles. The molecule has 0 fully saturated rings. The topological polar surface area (TPSA) is 17.1 Å². The maximum absolute atomic E-state index is 12.3. The van der Waals surface area contributed by atoms with Crippen molar-refractivity contribution in [3.05, 3.63) is 67.4 Å². The van der Waals surface area contributed by atoms with Crippen molar-refractivity contribution >= 4 is 55.5 Å². The van der Waals surface area contributed by atoms with Crippen LogP contribution in [0.4, 0.5) is 0 Å². The van der Waals surface area contributed by atoms with E-state index in [9.17, 15) is 4.79 Å². The quantitative estimate of drug-likeness (QED) is 0.589. The fourth-order valence-corrected chi connectivity index (χ4v) is 3.68. The maximum Gasteiger partial charge on any atom is 0.200 e. The number of hydrogen-bond donors (Lipinski definition) is 0. The summed E-state index contributed by atoms with van der Waals surface area (Å²) in [4.78, 5) is 14.1. The van der Waals surface area contributed by atoms with Gasteiger partial charge >= 0.3 is 0 Å². The molecule has 94 valence electrons. The lowest BCUT2D eigenvalue weighted by molar-refractivity contribution is 0.104. The minimum atomic E-state index is 0.104. The fraction of sp³-hybridized carbons (Fsp3) is 0. The minimum Gasteiger partial charge on any atom is -0.288 e. The lowest BCUT2D eigenvalue weighted by Gasteiger charge is -2.01. The number of carbonyl (C=O) groups excluding carboxylic acids is 1. The van der Waals surface area contributed by atoms with Gasteiger partial charge in [0, 0.05) is 19.4 Å². The summed E-state index contributed by atoms with van der Waals surface area (Å²) in [6.07, 6.45) is 1.93. The summed E-state index contributed by atoms with van der Waals surface area (Å²) in [7, 11) is 0. The van der Waals surface area contributed by atoms with Crippen LogP contribution >= 0.6 is 43.6 Å². The maximum atomic E-state index is 12.3. The molecule has 0 bridgehead atoms. The van der Waals surface area contributed by atoms with Crippen LogP contribution in [0.2, 0.25) is 0 Å². The van der Waals surface area contributed by atoms with Crippen LogP contribution in [0.3, 0.4) is 0 Å². The van der Waals surface area contributed by atoms with Crippen molar-refractivity contribution in [3.63, 3.8) is 0 Å². The molecule has 0 aliphatic carbocycles. The third kappa shape index (κ3) is 2.57. The lowest BCUT2D eigenvalue weighted by atomic mass is 10.1. The molecule has 1 heterocycles. The number of benzene rings is 2. The van der Waals surface area contributed by atoms with Gasteiger partial charge in [0.1, 0.15) is 0 Å². The standard InChI is InChI=1S/C15H8Br2OS/c16-10-5-6-12(17)9(7-10)8-14-15(18)11-3-1-2-4-13(11)19-14/h1-8H/b14-8+. The smallest absolute Gasteiger partial charge is 0.200 e. The Labute approximate surface area is 132 Å². The van der Waals surface area contributed by atoms with Crippen LogP contribution in [-0.2, 0) is 0 Å². The van der Waals surface area contributed by atoms with Gasteiger partial charge in [-0.2, -0.15) is 0 Å². The molecule has 1 aliphatic rings. The van der Waals surface area contributed by atoms with Gasteiger partial charge < -0.3 is 0 Å². The SMILES string of the molecule is O=C1/C(=C\c2cc(Br)ccc2Br)Sc2ccccc21. The first-order valence-electron chi connectivity index (χ1n) is 5.63. The molecule has 2 aromatic rings. The third-order valence-electron chi connectivity index (χ3n) is 2.82. The highest BCUT2D eigenvalue weighted by atomic mass is 79.9. The number of allylic oxidation sites excluding steroid dienone is 1. The summed E-state index contributed by atoms with van der Waals surface area (Å²) in [6.45, 7) is 0. The summed E-state index contributed by atoms with van der Waals surface area (Å²) >= 11 is 8.48. The van der Waals surface area contributed by atoms with Gasteiger partial charge in [0.2, 0.25) is 5.78 Å². The zero-order valence-electron chi connectivity index (χ0n) is 9.69. The Morgan fingerprint density at radius 2 is 1.84 bits per heavy atom. The molecule has 0 atom stereocenters. The Balaban J connectivity index is 2.03. The van der Waals surface area contributed by atoms with E-state index >= 15 is 0 Å². The molecular formula is C15H8Br2OS. The number of thioether (sulfide) groups is 1. The first-order valence-corrected chi connectivity index (χ1v) is 8.04. The number of rotatable bonds is 1. The van der Waals surface area contributed by atoms with Crippen molar-refractivity contribution < 1.29 is 4.79 Å². The molecule has 1 nitrogen and oxygen atoms in total. The van der Waals surface area contributed by atoms with Crippen LogP contribution in [0, 0.1) is 0 Å². The van der Waals surface area contributed by atoms with Gasteiger partial charge in [-0.15, -0.1) is 0 Å². The minimum absolute atomic E-state index is 0.104. The summed E-state index contributed by atoms with van der Waals surface area (Å²) in [6, 6.07) is 13.6. The molecule has 0 radical (unpaired) electrons. The van der Waals surface area contributed by atoms with Crippen molar-refractivity contribution in [2.24, 2.45) is 0 Å². The molecule has 0 amide bonds. The van der Waals surface area contributed by atoms with Gasteiger partial charge in [-0.3, -0.25) is 4.79 Å². The molecule has 1 aliphatic heterocycles. The van der Waals surface area contributed by atoms with Crippen molar-refractivity contribution in [2.45, 2.75) is 4.90 Å². The summed E-state index contributed by atoms with van der Waals surface area (Å²) in [5.74, 6) is 0.104. The van der Waals surface area contributed by atoms with E-state index in [0.717, 1.165) is 29.9 Å². The van der Waals surface area contributed by atoms with Gasteiger partial charge in [-0.1, -0.05) is 55.8 Å². The van der Waals surface area contributed by atoms with Gasteiger partial charge in [-0.25, -0.2) is 0 Å². The van der Waals surface area contributed by atoms with E-state index in [2.05, 4.69) is 31.9 Å². The average molecular weight is 396 g/mol. The molecule has 0 N–H and O–H groups in total. The second-order valence-corrected chi connectivity index (χ2v) is 6.96. The Morgan fingerprint density at radius 1 is 1.05 bits per heavy atom. The summed E-state index contributed by atoms with van der Waals surface area (Å²) in [5.41, 5.74) is 1.79. The number of Topliss-reactive ketones (excluding diaryl/α,β-unsaturated/α-hetero) is 1. The van der Waals surface area contributed by atoms with Crippen LogP contribution in [0.1, 0.15) is 15.9 Å². The number of fused-ring (bicyclic) bond motifs is 1. The molecule has 0 saturated carbocycles. The summed E-state index contributed by atoms with van der Waals surface area (Å²) < 4.78 is 1.98. The first-order chi connectivity index (χ1) is 9.15. The van der Waals surface area contributed by atoms with E-state index in [1.165, 1.54) is 11.8 Å². The van der Waals surface area contributed by atoms with Crippen molar-refractivity contribution in [1.29, 1.82) is 0 Å². The predicted octanol–water partition coefficient (Wildman–Crippen LogP) is 5.54. The largest absolute Gasteiger partial charge is 0.288 e. The lowest BCUT2D eigenvalue weighted by Crippen LogP contribution is -1.93. The van der Waals surface area contributed by atoms with Crippen LogP contribution in [0.25, 0.3) is 6.08 Å². The highest BCUT2D eigenvalue weighted by Crippen LogP contribution is 2.41. The van der Waals surface area contributed by atoms with Crippen LogP contribution in [0.15, 0.2) is 61.2 Å². The number of halogens is 2. The predicted molar refractivity (Wildman–Crippen MR) is 86.4 cm³/mol. The molecule has 4 heteroatoms. The van der Waals surface area contributed by atoms with E-state index in [4.69, 9.17) is 0 Å². The zero-order chi connectivity index (χ0) is 13.4. The van der Waals surface area contributed by atoms with Crippen LogP contribution in [-0.4, -0.2) is 5.78 Å². The van der Waals surface area contributed by atoms with Gasteiger partial charge in [0.05, 0.1) is 4.91 Å². The van der Waals surface area contributed by atoms with Crippen LogP contribution in [0.5, 0.6) is 0 Å². The van der Waals surface area contributed by atoms with Crippen molar-refractivity contribution in [1.82, 2.24) is 0 Å². The number of ketones is 1. The van der Waals surface area contributed by atoms with Gasteiger partial charge in [0.15, 0.2) is 0 Å². The van der Waals surface area contributed by atoms with E-state index in [-0.39, 0.29) is 5.78 Å². The Hall–Kier alpha value is -0.840. The van der Waals surface area contributed by atoms with E-state index in [1.54, 1.807) is 0 Å². The van der Waals surface area contributed by atoms with Crippen molar-refractivity contribution in [3.8, 4) is 0 Å². The Kier molecular flexibility index (Phi) is 3.65. The highest BCUT2D eigenvalue weighted by molar-refractivity contribution is 9.11. The molecule has 0 aromatic heterocycles. The summed E-state index contributed by atoms with van der Waals surface area (Å²) in [5, 5.41) is 0. The first kappa shape index (κ1) is 13.2. The molecule has 19 heavy (non-hydrogen) atoms. The van der Waals surface area contributed by atoms with E-state index in [0.29, 0.717) is 0 Å². The average Bonchev–Trinajstić information content (AvgIpc) is 2.72. The second kappa shape index (κ2) is 5.27. The number of carbonyl (C=O) groups is 1. The number of hydrogen-bond acceptors (Lipinski definition) is 2. The zero-order valence-corrected chi connectivity index (χ0v) is 13.7. The van der Waals surface area contributed by atoms with E-state index in [1.807, 2.05) is 48.5 Å². The second-order valence-electron chi connectivity index (χ2n) is 4.10. The fourth-order valence-electron chi connectivity index (χ4n) is 1.90. The monoisotopic (exact) mass is 394 g/mol. The van der Waals surface area contributed by atoms with Gasteiger partial charge in [-0.05, 0) is 42.0 Å². The Morgan fingerprint density at radius 3 is 2.63 bits per heavy atom. The normalized spacial score (nSPS) is 15.9. The molecule has 0 unspecified atom stereocenters. The van der Waals surface area contributed by atoms with Gasteiger partial charge in [0.25, 0.3) is 0 Å². The van der Waals surface area contributed by atoms with Crippen LogP contribution < -0.4 is 0 Å². The van der Waals surface area contributed by atoms with E-state index < -0.39 is 0 Å². The molecule has 3 rings (SSSR count). The molecule has 0 spiro atoms.